The minimum atomic E-state index is 0.439. The van der Waals surface area contributed by atoms with Crippen molar-refractivity contribution in [2.75, 3.05) is 25.5 Å². The summed E-state index contributed by atoms with van der Waals surface area (Å²) in [7, 11) is 1.93. The van der Waals surface area contributed by atoms with Gasteiger partial charge in [0.05, 0.1) is 5.69 Å². The van der Waals surface area contributed by atoms with E-state index in [0.29, 0.717) is 5.92 Å². The van der Waals surface area contributed by atoms with Gasteiger partial charge in [0, 0.05) is 13.1 Å². The Kier molecular flexibility index (Phi) is 4.32. The molecule has 0 spiro atoms. The predicted molar refractivity (Wildman–Crippen MR) is 58.5 cm³/mol. The molecule has 0 fully saturated rings. The maximum absolute atomic E-state index is 4.12. The summed E-state index contributed by atoms with van der Waals surface area (Å²) >= 11 is 0. The maximum atomic E-state index is 4.12. The van der Waals surface area contributed by atoms with Crippen LogP contribution in [0.2, 0.25) is 0 Å². The van der Waals surface area contributed by atoms with Gasteiger partial charge in [-0.05, 0) is 25.1 Å². The molecule has 4 heteroatoms. The zero-order valence-corrected chi connectivity index (χ0v) is 9.04. The Bertz CT molecular complexity index is 255. The first-order valence-electron chi connectivity index (χ1n) is 4.96. The van der Waals surface area contributed by atoms with E-state index in [4.69, 9.17) is 0 Å². The van der Waals surface area contributed by atoms with Crippen molar-refractivity contribution in [2.45, 2.75) is 19.8 Å². The minimum Gasteiger partial charge on any atom is -0.367 e. The predicted octanol–water partition coefficient (Wildman–Crippen LogP) is 1.23. The second-order valence-corrected chi connectivity index (χ2v) is 3.53. The summed E-state index contributed by atoms with van der Waals surface area (Å²) in [6.07, 6.45) is 0. The quantitative estimate of drug-likeness (QED) is 0.692. The third-order valence-electron chi connectivity index (χ3n) is 1.96. The van der Waals surface area contributed by atoms with E-state index in [9.17, 15) is 0 Å². The normalized spacial score (nSPS) is 10.6. The van der Waals surface area contributed by atoms with E-state index in [0.717, 1.165) is 24.6 Å². The number of anilines is 1. The number of hydrogen-bond donors (Lipinski definition) is 2. The molecular weight excluding hydrogens is 176 g/mol. The van der Waals surface area contributed by atoms with Crippen LogP contribution in [0.4, 0.5) is 5.82 Å². The van der Waals surface area contributed by atoms with Crippen LogP contribution in [-0.4, -0.2) is 30.3 Å². The summed E-state index contributed by atoms with van der Waals surface area (Å²) in [5.41, 5.74) is 1.03. The van der Waals surface area contributed by atoms with Crippen LogP contribution in [0.25, 0.3) is 0 Å². The van der Waals surface area contributed by atoms with E-state index in [1.807, 2.05) is 19.2 Å². The van der Waals surface area contributed by atoms with Crippen molar-refractivity contribution in [2.24, 2.45) is 0 Å². The SMILES string of the molecule is CNCCNc1ccc(C(C)C)nn1. The van der Waals surface area contributed by atoms with E-state index in [1.54, 1.807) is 0 Å². The minimum absolute atomic E-state index is 0.439. The van der Waals surface area contributed by atoms with Crippen molar-refractivity contribution in [3.63, 3.8) is 0 Å². The maximum Gasteiger partial charge on any atom is 0.148 e. The van der Waals surface area contributed by atoms with Crippen LogP contribution in [0, 0.1) is 0 Å². The summed E-state index contributed by atoms with van der Waals surface area (Å²) in [5.74, 6) is 1.28. The molecule has 0 aromatic carbocycles. The number of nitrogens with one attached hydrogen (secondary N) is 2. The molecule has 0 saturated carbocycles. The van der Waals surface area contributed by atoms with Crippen LogP contribution >= 0.6 is 0 Å². The second-order valence-electron chi connectivity index (χ2n) is 3.53. The number of rotatable bonds is 5. The first-order chi connectivity index (χ1) is 6.74. The Hall–Kier alpha value is -1.16. The number of likely N-dealkylation sites (N-methyl/N-ethyl adjacent to an activating group) is 1. The Labute approximate surface area is 85.1 Å². The smallest absolute Gasteiger partial charge is 0.148 e. The van der Waals surface area contributed by atoms with Gasteiger partial charge in [-0.1, -0.05) is 13.8 Å². The molecule has 0 radical (unpaired) electrons. The van der Waals surface area contributed by atoms with Gasteiger partial charge < -0.3 is 10.6 Å². The van der Waals surface area contributed by atoms with Gasteiger partial charge in [-0.2, -0.15) is 5.10 Å². The monoisotopic (exact) mass is 194 g/mol. The highest BCUT2D eigenvalue weighted by Gasteiger charge is 2.00. The molecule has 0 aliphatic heterocycles. The first-order valence-corrected chi connectivity index (χ1v) is 4.96. The molecule has 2 N–H and O–H groups in total. The molecule has 0 unspecified atom stereocenters. The lowest BCUT2D eigenvalue weighted by molar-refractivity contribution is 0.779. The summed E-state index contributed by atoms with van der Waals surface area (Å²) in [5, 5.41) is 14.4. The van der Waals surface area contributed by atoms with Crippen LogP contribution in [0.1, 0.15) is 25.5 Å². The lowest BCUT2D eigenvalue weighted by Crippen LogP contribution is -2.18. The highest BCUT2D eigenvalue weighted by Crippen LogP contribution is 2.10. The first kappa shape index (κ1) is 10.9. The highest BCUT2D eigenvalue weighted by molar-refractivity contribution is 5.33. The average Bonchev–Trinajstić information content (AvgIpc) is 2.19. The number of hydrogen-bond acceptors (Lipinski definition) is 4. The Morgan fingerprint density at radius 2 is 2.00 bits per heavy atom. The van der Waals surface area contributed by atoms with Crippen LogP contribution < -0.4 is 10.6 Å². The molecule has 0 bridgehead atoms. The summed E-state index contributed by atoms with van der Waals surface area (Å²) in [6, 6.07) is 3.98. The molecule has 78 valence electrons. The fourth-order valence-electron chi connectivity index (χ4n) is 1.06. The number of aromatic nitrogens is 2. The Balaban J connectivity index is 2.47. The van der Waals surface area contributed by atoms with Gasteiger partial charge in [0.15, 0.2) is 0 Å². The van der Waals surface area contributed by atoms with E-state index in [-0.39, 0.29) is 0 Å². The zero-order chi connectivity index (χ0) is 10.4. The lowest BCUT2D eigenvalue weighted by Gasteiger charge is -2.06. The van der Waals surface area contributed by atoms with E-state index in [2.05, 4.69) is 34.7 Å². The summed E-state index contributed by atoms with van der Waals surface area (Å²) in [4.78, 5) is 0. The van der Waals surface area contributed by atoms with Gasteiger partial charge in [-0.15, -0.1) is 5.10 Å². The van der Waals surface area contributed by atoms with Crippen molar-refractivity contribution in [3.8, 4) is 0 Å². The molecule has 1 aromatic rings. The van der Waals surface area contributed by atoms with Gasteiger partial charge in [-0.25, -0.2) is 0 Å². The van der Waals surface area contributed by atoms with Crippen molar-refractivity contribution in [3.05, 3.63) is 17.8 Å². The standard InChI is InChI=1S/C10H18N4/c1-8(2)9-4-5-10(14-13-9)12-7-6-11-3/h4-5,8,11H,6-7H2,1-3H3,(H,12,14). The Morgan fingerprint density at radius 1 is 1.21 bits per heavy atom. The van der Waals surface area contributed by atoms with Gasteiger partial charge in [0.2, 0.25) is 0 Å². The molecule has 1 rings (SSSR count). The molecule has 0 atom stereocenters. The average molecular weight is 194 g/mol. The third-order valence-corrected chi connectivity index (χ3v) is 1.96. The molecule has 4 nitrogen and oxygen atoms in total. The van der Waals surface area contributed by atoms with Gasteiger partial charge in [-0.3, -0.25) is 0 Å². The van der Waals surface area contributed by atoms with Gasteiger partial charge in [0.25, 0.3) is 0 Å². The highest BCUT2D eigenvalue weighted by atomic mass is 15.2. The lowest BCUT2D eigenvalue weighted by atomic mass is 10.1. The number of nitrogens with zero attached hydrogens (tertiary/aromatic N) is 2. The van der Waals surface area contributed by atoms with E-state index in [1.165, 1.54) is 0 Å². The molecule has 14 heavy (non-hydrogen) atoms. The van der Waals surface area contributed by atoms with Crippen LogP contribution in [0.15, 0.2) is 12.1 Å². The summed E-state index contributed by atoms with van der Waals surface area (Å²) < 4.78 is 0. The van der Waals surface area contributed by atoms with Crippen molar-refractivity contribution in [1.82, 2.24) is 15.5 Å². The van der Waals surface area contributed by atoms with Gasteiger partial charge in [0.1, 0.15) is 5.82 Å². The van der Waals surface area contributed by atoms with Crippen LogP contribution in [-0.2, 0) is 0 Å². The van der Waals surface area contributed by atoms with E-state index < -0.39 is 0 Å². The molecular formula is C10H18N4. The second kappa shape index (κ2) is 5.54. The van der Waals surface area contributed by atoms with Gasteiger partial charge >= 0.3 is 0 Å². The fraction of sp³-hybridized carbons (Fsp3) is 0.600. The van der Waals surface area contributed by atoms with Crippen LogP contribution in [0.3, 0.4) is 0 Å². The van der Waals surface area contributed by atoms with Crippen molar-refractivity contribution in [1.29, 1.82) is 0 Å². The third kappa shape index (κ3) is 3.30. The molecule has 1 aromatic heterocycles. The fourth-order valence-corrected chi connectivity index (χ4v) is 1.06. The van der Waals surface area contributed by atoms with Crippen molar-refractivity contribution >= 4 is 5.82 Å². The molecule has 0 amide bonds. The Morgan fingerprint density at radius 3 is 2.50 bits per heavy atom. The molecule has 0 saturated heterocycles. The van der Waals surface area contributed by atoms with Crippen molar-refractivity contribution < 1.29 is 0 Å². The summed E-state index contributed by atoms with van der Waals surface area (Å²) in [6.45, 7) is 6.01. The van der Waals surface area contributed by atoms with E-state index >= 15 is 0 Å². The molecule has 0 aliphatic carbocycles. The topological polar surface area (TPSA) is 49.8 Å². The molecule has 1 heterocycles. The largest absolute Gasteiger partial charge is 0.367 e. The zero-order valence-electron chi connectivity index (χ0n) is 9.04. The van der Waals surface area contributed by atoms with Crippen LogP contribution in [0.5, 0.6) is 0 Å². The molecule has 0 aliphatic rings.